The van der Waals surface area contributed by atoms with Crippen LogP contribution in [0.3, 0.4) is 0 Å². The molecule has 1 rings (SSSR count). The van der Waals surface area contributed by atoms with Gasteiger partial charge in [0.1, 0.15) is 6.04 Å². The van der Waals surface area contributed by atoms with E-state index in [0.717, 1.165) is 12.8 Å². The van der Waals surface area contributed by atoms with E-state index in [2.05, 4.69) is 20.8 Å². The van der Waals surface area contributed by atoms with E-state index in [0.29, 0.717) is 12.5 Å². The molecule has 0 bridgehead atoms. The standard InChI is InChI=1S/C10H19NO2/c1-7(2)10(3)5-4-8(11)9(12)13-6-10/h7-8H,4-6,11H2,1-3H3. The number of cyclic esters (lactones) is 1. The van der Waals surface area contributed by atoms with Crippen LogP contribution < -0.4 is 5.73 Å². The van der Waals surface area contributed by atoms with Gasteiger partial charge in [-0.3, -0.25) is 4.79 Å². The Morgan fingerprint density at radius 1 is 1.62 bits per heavy atom. The van der Waals surface area contributed by atoms with E-state index in [9.17, 15) is 4.79 Å². The molecule has 3 heteroatoms. The van der Waals surface area contributed by atoms with Crippen molar-refractivity contribution in [2.24, 2.45) is 17.1 Å². The van der Waals surface area contributed by atoms with Crippen molar-refractivity contribution in [1.82, 2.24) is 0 Å². The third kappa shape index (κ3) is 2.21. The zero-order valence-electron chi connectivity index (χ0n) is 8.67. The van der Waals surface area contributed by atoms with Crippen molar-refractivity contribution in [1.29, 1.82) is 0 Å². The average molecular weight is 185 g/mol. The third-order valence-electron chi connectivity index (χ3n) is 3.27. The van der Waals surface area contributed by atoms with Gasteiger partial charge in [-0.05, 0) is 18.8 Å². The molecule has 0 radical (unpaired) electrons. The summed E-state index contributed by atoms with van der Waals surface area (Å²) in [6.45, 7) is 6.98. The molecule has 0 aromatic rings. The zero-order chi connectivity index (χ0) is 10.1. The maximum absolute atomic E-state index is 11.2. The monoisotopic (exact) mass is 185 g/mol. The second-order valence-electron chi connectivity index (χ2n) is 4.56. The van der Waals surface area contributed by atoms with Gasteiger partial charge in [-0.25, -0.2) is 0 Å². The predicted molar refractivity (Wildman–Crippen MR) is 51.1 cm³/mol. The van der Waals surface area contributed by atoms with Crippen molar-refractivity contribution in [2.45, 2.75) is 39.7 Å². The number of nitrogens with two attached hydrogens (primary N) is 1. The Hall–Kier alpha value is -0.570. The van der Waals surface area contributed by atoms with Crippen LogP contribution in [0.4, 0.5) is 0 Å². The lowest BCUT2D eigenvalue weighted by Gasteiger charge is -2.31. The molecule has 0 aromatic carbocycles. The SMILES string of the molecule is CC(C)C1(C)CCC(N)C(=O)OC1. The van der Waals surface area contributed by atoms with Crippen LogP contribution in [-0.4, -0.2) is 18.6 Å². The highest BCUT2D eigenvalue weighted by atomic mass is 16.5. The van der Waals surface area contributed by atoms with E-state index in [-0.39, 0.29) is 11.4 Å². The predicted octanol–water partition coefficient (Wildman–Crippen LogP) is 1.31. The molecule has 1 saturated heterocycles. The Kier molecular flexibility index (Phi) is 2.96. The largest absolute Gasteiger partial charge is 0.464 e. The van der Waals surface area contributed by atoms with Gasteiger partial charge in [-0.1, -0.05) is 20.8 Å². The molecule has 2 unspecified atom stereocenters. The Labute approximate surface area is 79.6 Å². The highest BCUT2D eigenvalue weighted by Gasteiger charge is 2.34. The van der Waals surface area contributed by atoms with Gasteiger partial charge in [0.05, 0.1) is 6.61 Å². The lowest BCUT2D eigenvalue weighted by Crippen LogP contribution is -2.30. The molecule has 2 atom stereocenters. The second-order valence-corrected chi connectivity index (χ2v) is 4.56. The van der Waals surface area contributed by atoms with Gasteiger partial charge in [-0.2, -0.15) is 0 Å². The van der Waals surface area contributed by atoms with Crippen molar-refractivity contribution in [3.63, 3.8) is 0 Å². The number of rotatable bonds is 1. The van der Waals surface area contributed by atoms with Crippen LogP contribution in [0, 0.1) is 11.3 Å². The van der Waals surface area contributed by atoms with Crippen LogP contribution in [0.15, 0.2) is 0 Å². The zero-order valence-corrected chi connectivity index (χ0v) is 8.67. The number of esters is 1. The quantitative estimate of drug-likeness (QED) is 0.627. The summed E-state index contributed by atoms with van der Waals surface area (Å²) in [6, 6.07) is -0.416. The fourth-order valence-electron chi connectivity index (χ4n) is 1.47. The van der Waals surface area contributed by atoms with Crippen molar-refractivity contribution < 1.29 is 9.53 Å². The lowest BCUT2D eigenvalue weighted by molar-refractivity contribution is -0.147. The van der Waals surface area contributed by atoms with Crippen LogP contribution >= 0.6 is 0 Å². The number of hydrogen-bond acceptors (Lipinski definition) is 3. The molecular formula is C10H19NO2. The Morgan fingerprint density at radius 3 is 2.77 bits per heavy atom. The van der Waals surface area contributed by atoms with Crippen molar-refractivity contribution >= 4 is 5.97 Å². The van der Waals surface area contributed by atoms with E-state index in [1.165, 1.54) is 0 Å². The number of hydrogen-bond donors (Lipinski definition) is 1. The smallest absolute Gasteiger partial charge is 0.322 e. The summed E-state index contributed by atoms with van der Waals surface area (Å²) in [5, 5.41) is 0. The van der Waals surface area contributed by atoms with Gasteiger partial charge >= 0.3 is 5.97 Å². The summed E-state index contributed by atoms with van der Waals surface area (Å²) < 4.78 is 5.13. The molecule has 76 valence electrons. The van der Waals surface area contributed by atoms with Gasteiger partial charge in [0.15, 0.2) is 0 Å². The molecule has 3 nitrogen and oxygen atoms in total. The number of ether oxygens (including phenoxy) is 1. The van der Waals surface area contributed by atoms with E-state index in [1.807, 2.05) is 0 Å². The molecular weight excluding hydrogens is 166 g/mol. The van der Waals surface area contributed by atoms with E-state index >= 15 is 0 Å². The molecule has 0 saturated carbocycles. The molecule has 1 heterocycles. The lowest BCUT2D eigenvalue weighted by atomic mass is 9.76. The summed E-state index contributed by atoms with van der Waals surface area (Å²) in [4.78, 5) is 11.2. The molecule has 2 N–H and O–H groups in total. The summed E-state index contributed by atoms with van der Waals surface area (Å²) in [5.41, 5.74) is 5.73. The van der Waals surface area contributed by atoms with Gasteiger partial charge in [-0.15, -0.1) is 0 Å². The highest BCUT2D eigenvalue weighted by Crippen LogP contribution is 2.34. The summed E-state index contributed by atoms with van der Waals surface area (Å²) in [6.07, 6.45) is 1.71. The van der Waals surface area contributed by atoms with Gasteiger partial charge in [0.25, 0.3) is 0 Å². The maximum atomic E-state index is 11.2. The first-order chi connectivity index (χ1) is 5.96. The van der Waals surface area contributed by atoms with Gasteiger partial charge < -0.3 is 10.5 Å². The fraction of sp³-hybridized carbons (Fsp3) is 0.900. The Morgan fingerprint density at radius 2 is 2.23 bits per heavy atom. The molecule has 0 aromatic heterocycles. The molecule has 0 spiro atoms. The van der Waals surface area contributed by atoms with Crippen LogP contribution in [0.1, 0.15) is 33.6 Å². The first-order valence-electron chi connectivity index (χ1n) is 4.88. The summed E-state index contributed by atoms with van der Waals surface area (Å²) in [5.74, 6) is 0.273. The second kappa shape index (κ2) is 3.66. The minimum atomic E-state index is -0.416. The van der Waals surface area contributed by atoms with Crippen LogP contribution in [0.5, 0.6) is 0 Å². The van der Waals surface area contributed by atoms with Crippen molar-refractivity contribution in [3.05, 3.63) is 0 Å². The minimum absolute atomic E-state index is 0.101. The first kappa shape index (κ1) is 10.5. The van der Waals surface area contributed by atoms with Gasteiger partial charge in [0.2, 0.25) is 0 Å². The van der Waals surface area contributed by atoms with E-state index in [1.54, 1.807) is 0 Å². The van der Waals surface area contributed by atoms with Gasteiger partial charge in [0, 0.05) is 5.41 Å². The van der Waals surface area contributed by atoms with E-state index in [4.69, 9.17) is 10.5 Å². The minimum Gasteiger partial charge on any atom is -0.464 e. The molecule has 13 heavy (non-hydrogen) atoms. The third-order valence-corrected chi connectivity index (χ3v) is 3.27. The number of carbonyl (C=O) groups excluding carboxylic acids is 1. The molecule has 1 fully saturated rings. The topological polar surface area (TPSA) is 52.3 Å². The number of carbonyl (C=O) groups is 1. The van der Waals surface area contributed by atoms with Crippen molar-refractivity contribution in [2.75, 3.05) is 6.61 Å². The van der Waals surface area contributed by atoms with Crippen LogP contribution in [0.25, 0.3) is 0 Å². The summed E-state index contributed by atoms with van der Waals surface area (Å²) in [7, 11) is 0. The molecule has 0 amide bonds. The average Bonchev–Trinajstić information content (AvgIpc) is 2.20. The normalized spacial score (nSPS) is 35.8. The molecule has 1 aliphatic heterocycles. The van der Waals surface area contributed by atoms with E-state index < -0.39 is 6.04 Å². The molecule has 1 aliphatic rings. The molecule has 0 aliphatic carbocycles. The van der Waals surface area contributed by atoms with Crippen LogP contribution in [-0.2, 0) is 9.53 Å². The van der Waals surface area contributed by atoms with Crippen molar-refractivity contribution in [3.8, 4) is 0 Å². The Bertz CT molecular complexity index is 203. The Balaban J connectivity index is 2.68. The maximum Gasteiger partial charge on any atom is 0.322 e. The first-order valence-corrected chi connectivity index (χ1v) is 4.88. The van der Waals surface area contributed by atoms with Crippen LogP contribution in [0.2, 0.25) is 0 Å². The fourth-order valence-corrected chi connectivity index (χ4v) is 1.47. The summed E-state index contributed by atoms with van der Waals surface area (Å²) >= 11 is 0. The highest BCUT2D eigenvalue weighted by molar-refractivity contribution is 5.75.